The summed E-state index contributed by atoms with van der Waals surface area (Å²) in [4.78, 5) is 35.5. The maximum absolute atomic E-state index is 12.2. The fourth-order valence-corrected chi connectivity index (χ4v) is 1.83. The standard InChI is InChI=1S/C11H16N4O5S/c1-11(2,3)20-10(19)15(9-14-13-5-21-9)8(18)6(12)4-7(16)17/h5-6H,4,12H2,1-3H3,(H,16,17)/t6-/m0/s1. The summed E-state index contributed by atoms with van der Waals surface area (Å²) in [6, 6.07) is -1.39. The van der Waals surface area contributed by atoms with Crippen LogP contribution in [0.4, 0.5) is 9.93 Å². The summed E-state index contributed by atoms with van der Waals surface area (Å²) in [5.41, 5.74) is 5.99. The second kappa shape index (κ2) is 6.59. The van der Waals surface area contributed by atoms with Crippen LogP contribution in [0.15, 0.2) is 5.51 Å². The number of rotatable bonds is 4. The van der Waals surface area contributed by atoms with E-state index in [4.69, 9.17) is 15.6 Å². The fraction of sp³-hybridized carbons (Fsp3) is 0.545. The van der Waals surface area contributed by atoms with Crippen LogP contribution >= 0.6 is 11.3 Å². The van der Waals surface area contributed by atoms with E-state index in [1.807, 2.05) is 0 Å². The average Bonchev–Trinajstić information content (AvgIpc) is 2.79. The lowest BCUT2D eigenvalue weighted by Crippen LogP contribution is -2.49. The van der Waals surface area contributed by atoms with Gasteiger partial charge in [-0.2, -0.15) is 4.90 Å². The van der Waals surface area contributed by atoms with Crippen molar-refractivity contribution in [3.63, 3.8) is 0 Å². The van der Waals surface area contributed by atoms with Crippen molar-refractivity contribution in [2.75, 3.05) is 4.90 Å². The first-order valence-corrected chi connectivity index (χ1v) is 6.80. The molecule has 9 nitrogen and oxygen atoms in total. The summed E-state index contributed by atoms with van der Waals surface area (Å²) in [5, 5.41) is 15.8. The number of carboxylic acid groups (broad SMARTS) is 1. The maximum atomic E-state index is 12.2. The Bertz CT molecular complexity index is 525. The molecule has 0 aliphatic heterocycles. The van der Waals surface area contributed by atoms with Gasteiger partial charge in [0.1, 0.15) is 11.1 Å². The van der Waals surface area contributed by atoms with Crippen molar-refractivity contribution in [1.82, 2.24) is 10.2 Å². The van der Waals surface area contributed by atoms with Crippen molar-refractivity contribution in [3.05, 3.63) is 5.51 Å². The zero-order chi connectivity index (χ0) is 16.2. The summed E-state index contributed by atoms with van der Waals surface area (Å²) in [5.74, 6) is -2.17. The molecule has 0 aliphatic rings. The minimum Gasteiger partial charge on any atom is -0.481 e. The second-order valence-corrected chi connectivity index (χ2v) is 5.89. The summed E-state index contributed by atoms with van der Waals surface area (Å²) in [6.07, 6.45) is -1.60. The van der Waals surface area contributed by atoms with E-state index in [9.17, 15) is 14.4 Å². The van der Waals surface area contributed by atoms with E-state index < -0.39 is 36.0 Å². The molecule has 2 amide bonds. The highest BCUT2D eigenvalue weighted by molar-refractivity contribution is 7.13. The summed E-state index contributed by atoms with van der Waals surface area (Å²) < 4.78 is 5.10. The highest BCUT2D eigenvalue weighted by Gasteiger charge is 2.34. The van der Waals surface area contributed by atoms with Crippen molar-refractivity contribution in [2.24, 2.45) is 5.73 Å². The molecule has 0 fully saturated rings. The van der Waals surface area contributed by atoms with Crippen molar-refractivity contribution < 1.29 is 24.2 Å². The molecule has 0 bridgehead atoms. The molecule has 21 heavy (non-hydrogen) atoms. The Balaban J connectivity index is 3.01. The Labute approximate surface area is 124 Å². The van der Waals surface area contributed by atoms with Crippen LogP contribution < -0.4 is 10.6 Å². The number of aromatic nitrogens is 2. The van der Waals surface area contributed by atoms with E-state index in [-0.39, 0.29) is 5.13 Å². The summed E-state index contributed by atoms with van der Waals surface area (Å²) >= 11 is 0.929. The van der Waals surface area contributed by atoms with Gasteiger partial charge in [-0.1, -0.05) is 11.3 Å². The van der Waals surface area contributed by atoms with E-state index in [0.717, 1.165) is 11.3 Å². The van der Waals surface area contributed by atoms with E-state index in [1.54, 1.807) is 20.8 Å². The Kier molecular flexibility index (Phi) is 5.33. The molecule has 1 heterocycles. The molecule has 0 aromatic carbocycles. The molecule has 0 unspecified atom stereocenters. The minimum atomic E-state index is -1.39. The molecule has 0 spiro atoms. The number of aliphatic carboxylic acids is 1. The maximum Gasteiger partial charge on any atom is 0.423 e. The first-order valence-electron chi connectivity index (χ1n) is 5.92. The first-order chi connectivity index (χ1) is 9.61. The molecular formula is C11H16N4O5S. The Morgan fingerprint density at radius 1 is 1.48 bits per heavy atom. The van der Waals surface area contributed by atoms with Gasteiger partial charge in [-0.05, 0) is 20.8 Å². The molecule has 0 aliphatic carbocycles. The lowest BCUT2D eigenvalue weighted by Gasteiger charge is -2.25. The Hall–Kier alpha value is -2.07. The lowest BCUT2D eigenvalue weighted by molar-refractivity contribution is -0.139. The van der Waals surface area contributed by atoms with Gasteiger partial charge in [-0.25, -0.2) is 4.79 Å². The minimum absolute atomic E-state index is 0.0323. The van der Waals surface area contributed by atoms with Crippen LogP contribution in [0.1, 0.15) is 27.2 Å². The van der Waals surface area contributed by atoms with E-state index >= 15 is 0 Å². The van der Waals surface area contributed by atoms with Crippen molar-refractivity contribution in [1.29, 1.82) is 0 Å². The van der Waals surface area contributed by atoms with Gasteiger partial charge in [0.2, 0.25) is 5.13 Å². The van der Waals surface area contributed by atoms with E-state index in [0.29, 0.717) is 4.90 Å². The molecule has 1 atom stereocenters. The van der Waals surface area contributed by atoms with Crippen molar-refractivity contribution >= 4 is 34.4 Å². The van der Waals surface area contributed by atoms with E-state index in [2.05, 4.69) is 10.2 Å². The molecule has 10 heteroatoms. The predicted molar refractivity (Wildman–Crippen MR) is 73.9 cm³/mol. The predicted octanol–water partition coefficient (Wildman–Crippen LogP) is 0.608. The third-order valence-corrected chi connectivity index (χ3v) is 2.72. The molecule has 0 radical (unpaired) electrons. The normalized spacial score (nSPS) is 12.6. The number of ether oxygens (including phenoxy) is 1. The molecule has 0 saturated heterocycles. The fourth-order valence-electron chi connectivity index (χ4n) is 1.28. The number of hydrogen-bond donors (Lipinski definition) is 2. The van der Waals surface area contributed by atoms with Gasteiger partial charge in [-0.3, -0.25) is 9.59 Å². The van der Waals surface area contributed by atoms with Gasteiger partial charge < -0.3 is 15.6 Å². The number of imide groups is 1. The van der Waals surface area contributed by atoms with Crippen molar-refractivity contribution in [2.45, 2.75) is 38.8 Å². The molecule has 1 aromatic heterocycles. The molecular weight excluding hydrogens is 300 g/mol. The van der Waals surface area contributed by atoms with Gasteiger partial charge >= 0.3 is 12.1 Å². The lowest BCUT2D eigenvalue weighted by atomic mass is 10.2. The molecule has 0 saturated carbocycles. The quantitative estimate of drug-likeness (QED) is 0.824. The first kappa shape index (κ1) is 17.0. The molecule has 1 aromatic rings. The van der Waals surface area contributed by atoms with Crippen LogP contribution in [0.25, 0.3) is 0 Å². The van der Waals surface area contributed by atoms with Gasteiger partial charge in [0.15, 0.2) is 0 Å². The zero-order valence-electron chi connectivity index (χ0n) is 11.8. The number of hydrogen-bond acceptors (Lipinski definition) is 8. The third-order valence-electron chi connectivity index (χ3n) is 2.05. The average molecular weight is 316 g/mol. The van der Waals surface area contributed by atoms with Gasteiger partial charge in [0, 0.05) is 0 Å². The van der Waals surface area contributed by atoms with Gasteiger partial charge in [-0.15, -0.1) is 10.2 Å². The van der Waals surface area contributed by atoms with Crippen LogP contribution in [0.3, 0.4) is 0 Å². The number of nitrogens with zero attached hydrogens (tertiary/aromatic N) is 3. The number of nitrogens with two attached hydrogens (primary N) is 1. The number of anilines is 1. The third kappa shape index (κ3) is 5.08. The van der Waals surface area contributed by atoms with Gasteiger partial charge in [0.25, 0.3) is 5.91 Å². The van der Waals surface area contributed by atoms with Crippen LogP contribution in [-0.4, -0.2) is 44.9 Å². The van der Waals surface area contributed by atoms with Crippen LogP contribution in [0.5, 0.6) is 0 Å². The Morgan fingerprint density at radius 3 is 2.52 bits per heavy atom. The highest BCUT2D eigenvalue weighted by Crippen LogP contribution is 2.20. The van der Waals surface area contributed by atoms with Crippen LogP contribution in [-0.2, 0) is 14.3 Å². The number of carbonyl (C=O) groups is 3. The number of carbonyl (C=O) groups excluding carboxylic acids is 2. The summed E-state index contributed by atoms with van der Waals surface area (Å²) in [7, 11) is 0. The van der Waals surface area contributed by atoms with Crippen molar-refractivity contribution in [3.8, 4) is 0 Å². The largest absolute Gasteiger partial charge is 0.481 e. The molecule has 3 N–H and O–H groups in total. The highest BCUT2D eigenvalue weighted by atomic mass is 32.1. The Morgan fingerprint density at radius 2 is 2.10 bits per heavy atom. The smallest absolute Gasteiger partial charge is 0.423 e. The second-order valence-electron chi connectivity index (χ2n) is 5.08. The summed E-state index contributed by atoms with van der Waals surface area (Å²) in [6.45, 7) is 4.89. The number of carboxylic acids is 1. The zero-order valence-corrected chi connectivity index (χ0v) is 12.6. The monoisotopic (exact) mass is 316 g/mol. The van der Waals surface area contributed by atoms with Gasteiger partial charge in [0.05, 0.1) is 12.5 Å². The van der Waals surface area contributed by atoms with Crippen LogP contribution in [0, 0.1) is 0 Å². The topological polar surface area (TPSA) is 136 Å². The SMILES string of the molecule is CC(C)(C)OC(=O)N(C(=O)[C@@H](N)CC(=O)O)c1nncs1. The van der Waals surface area contributed by atoms with Crippen LogP contribution in [0.2, 0.25) is 0 Å². The van der Waals surface area contributed by atoms with E-state index in [1.165, 1.54) is 5.51 Å². The number of amides is 2. The molecule has 116 valence electrons. The molecule has 1 rings (SSSR count).